The van der Waals surface area contributed by atoms with Gasteiger partial charge in [0.05, 0.1) is 22.2 Å². The zero-order chi connectivity index (χ0) is 29.1. The molecule has 214 valence electrons. The summed E-state index contributed by atoms with van der Waals surface area (Å²) in [6, 6.07) is 12.4. The van der Waals surface area contributed by atoms with E-state index in [-0.39, 0.29) is 28.8 Å². The van der Waals surface area contributed by atoms with Gasteiger partial charge in [0.15, 0.2) is 0 Å². The minimum atomic E-state index is -3.87. The fourth-order valence-electron chi connectivity index (χ4n) is 4.90. The number of amides is 1. The van der Waals surface area contributed by atoms with Gasteiger partial charge in [-0.3, -0.25) is 4.79 Å². The first-order valence-electron chi connectivity index (χ1n) is 13.6. The summed E-state index contributed by atoms with van der Waals surface area (Å²) in [7, 11) is -3.87. The second kappa shape index (κ2) is 12.0. The van der Waals surface area contributed by atoms with Crippen LogP contribution in [0.4, 0.5) is 10.1 Å². The van der Waals surface area contributed by atoms with Gasteiger partial charge >= 0.3 is 0 Å². The summed E-state index contributed by atoms with van der Waals surface area (Å²) in [5, 5.41) is 3.13. The Bertz CT molecular complexity index is 1480. The molecule has 1 aliphatic rings. The number of halogens is 1. The number of hydrogen-bond donors (Lipinski definition) is 2. The lowest BCUT2D eigenvalue weighted by Crippen LogP contribution is -2.42. The molecule has 0 spiro atoms. The molecule has 4 rings (SSSR count). The van der Waals surface area contributed by atoms with E-state index in [9.17, 15) is 17.6 Å². The van der Waals surface area contributed by atoms with Crippen LogP contribution in [-0.4, -0.2) is 38.0 Å². The van der Waals surface area contributed by atoms with Crippen molar-refractivity contribution < 1.29 is 22.3 Å². The number of benzene rings is 2. The number of carbonyl (C=O) groups excluding carboxylic acids is 1. The first kappa shape index (κ1) is 29.6. The molecule has 0 radical (unpaired) electrons. The highest BCUT2D eigenvalue weighted by Gasteiger charge is 2.38. The number of sulfonamides is 1. The fraction of sp³-hybridized carbons (Fsp3) is 0.400. The second-order valence-electron chi connectivity index (χ2n) is 10.4. The molecule has 0 saturated carbocycles. The van der Waals surface area contributed by atoms with E-state index in [0.717, 1.165) is 12.0 Å². The molecule has 1 atom stereocenters. The number of aromatic nitrogens is 1. The predicted molar refractivity (Wildman–Crippen MR) is 154 cm³/mol. The molecule has 8 nitrogen and oxygen atoms in total. The molecule has 0 unspecified atom stereocenters. The fourth-order valence-corrected chi connectivity index (χ4v) is 6.11. The Balaban J connectivity index is 1.69. The zero-order valence-electron chi connectivity index (χ0n) is 23.6. The van der Waals surface area contributed by atoms with Gasteiger partial charge in [0.25, 0.3) is 5.91 Å². The smallest absolute Gasteiger partial charge is 0.259 e. The molecule has 2 heterocycles. The highest BCUT2D eigenvalue weighted by Crippen LogP contribution is 2.39. The van der Waals surface area contributed by atoms with Gasteiger partial charge in [-0.1, -0.05) is 32.0 Å². The Labute approximate surface area is 236 Å². The second-order valence-corrected chi connectivity index (χ2v) is 12.1. The normalized spacial score (nSPS) is 16.2. The van der Waals surface area contributed by atoms with Crippen molar-refractivity contribution in [1.82, 2.24) is 15.0 Å². The van der Waals surface area contributed by atoms with Crippen LogP contribution >= 0.6 is 0 Å². The summed E-state index contributed by atoms with van der Waals surface area (Å²) in [4.78, 5) is 19.8. The van der Waals surface area contributed by atoms with Crippen molar-refractivity contribution in [2.75, 3.05) is 18.0 Å². The zero-order valence-corrected chi connectivity index (χ0v) is 24.4. The number of nitrogens with zero attached hydrogens (tertiary/aromatic N) is 2. The van der Waals surface area contributed by atoms with Gasteiger partial charge in [-0.2, -0.15) is 0 Å². The number of aryl methyl sites for hydroxylation is 1. The first-order chi connectivity index (χ1) is 19.0. The van der Waals surface area contributed by atoms with E-state index in [1.54, 1.807) is 42.5 Å². The molecule has 1 aromatic heterocycles. The number of nitrogens with one attached hydrogen (secondary N) is 2. The standard InChI is InChI=1S/C30H37FN4O4S/c1-6-20-12-14-22(15-13-20)40(37,38)34-26-17-30(4,5)39-28-23(26)16-21(18-33-28)29(36)35(8-3)27-11-9-10-25(31)24(27)19-32-7-2/h9-16,18,26,32,34H,6-8,17,19H2,1-5H3/t26-/m0/s1. The Morgan fingerprint density at radius 2 is 1.88 bits per heavy atom. The summed E-state index contributed by atoms with van der Waals surface area (Å²) in [5.74, 6) is -0.503. The Morgan fingerprint density at radius 3 is 2.52 bits per heavy atom. The maximum absolute atomic E-state index is 14.8. The van der Waals surface area contributed by atoms with Crippen LogP contribution < -0.4 is 19.7 Å². The molecule has 40 heavy (non-hydrogen) atoms. The van der Waals surface area contributed by atoms with Crippen LogP contribution in [0.3, 0.4) is 0 Å². The van der Waals surface area contributed by atoms with Crippen LogP contribution in [0, 0.1) is 5.82 Å². The molecule has 10 heteroatoms. The third kappa shape index (κ3) is 6.35. The molecule has 2 aromatic carbocycles. The van der Waals surface area contributed by atoms with Gasteiger partial charge < -0.3 is 15.0 Å². The SMILES string of the molecule is CCNCc1c(F)cccc1N(CC)C(=O)c1cnc2c(c1)[C@@H](NS(=O)(=O)c1ccc(CC)cc1)CC(C)(C)O2. The van der Waals surface area contributed by atoms with Crippen LogP contribution in [0.25, 0.3) is 0 Å². The summed E-state index contributed by atoms with van der Waals surface area (Å²) in [6.45, 7) is 10.7. The van der Waals surface area contributed by atoms with Crippen molar-refractivity contribution in [2.45, 2.75) is 70.5 Å². The molecule has 0 saturated heterocycles. The minimum Gasteiger partial charge on any atom is -0.471 e. The number of pyridine rings is 1. The lowest BCUT2D eigenvalue weighted by Gasteiger charge is -2.37. The molecule has 1 aliphatic heterocycles. The molecule has 0 bridgehead atoms. The quantitative estimate of drug-likeness (QED) is 0.351. The van der Waals surface area contributed by atoms with Crippen LogP contribution in [0.15, 0.2) is 59.6 Å². The minimum absolute atomic E-state index is 0.159. The Hall–Kier alpha value is -3.34. The molecule has 0 fully saturated rings. The van der Waals surface area contributed by atoms with Crippen molar-refractivity contribution in [3.63, 3.8) is 0 Å². The molecular weight excluding hydrogens is 531 g/mol. The molecule has 1 amide bonds. The van der Waals surface area contributed by atoms with Crippen LogP contribution in [-0.2, 0) is 23.0 Å². The van der Waals surface area contributed by atoms with Crippen molar-refractivity contribution in [2.24, 2.45) is 0 Å². The lowest BCUT2D eigenvalue weighted by atomic mass is 9.91. The average molecular weight is 569 g/mol. The third-order valence-corrected chi connectivity index (χ3v) is 8.49. The van der Waals surface area contributed by atoms with E-state index in [0.29, 0.717) is 36.3 Å². The summed E-state index contributed by atoms with van der Waals surface area (Å²) >= 11 is 0. The Kier molecular flexibility index (Phi) is 8.92. The lowest BCUT2D eigenvalue weighted by molar-refractivity contribution is 0.0640. The number of carbonyl (C=O) groups is 1. The van der Waals surface area contributed by atoms with Crippen molar-refractivity contribution >= 4 is 21.6 Å². The van der Waals surface area contributed by atoms with Crippen molar-refractivity contribution in [1.29, 1.82) is 0 Å². The van der Waals surface area contributed by atoms with Gasteiger partial charge in [0.1, 0.15) is 11.4 Å². The molecule has 3 aromatic rings. The van der Waals surface area contributed by atoms with Gasteiger partial charge in [0, 0.05) is 36.8 Å². The number of anilines is 1. The van der Waals surface area contributed by atoms with E-state index in [1.807, 2.05) is 34.6 Å². The maximum Gasteiger partial charge on any atom is 0.259 e. The number of hydrogen-bond acceptors (Lipinski definition) is 6. The van der Waals surface area contributed by atoms with Gasteiger partial charge in [-0.05, 0) is 69.6 Å². The largest absolute Gasteiger partial charge is 0.471 e. The topological polar surface area (TPSA) is 101 Å². The van der Waals surface area contributed by atoms with E-state index < -0.39 is 27.5 Å². The Morgan fingerprint density at radius 1 is 1.15 bits per heavy atom. The summed E-state index contributed by atoms with van der Waals surface area (Å²) in [6.07, 6.45) is 2.56. The first-order valence-corrected chi connectivity index (χ1v) is 15.1. The van der Waals surface area contributed by atoms with E-state index in [2.05, 4.69) is 15.0 Å². The number of fused-ring (bicyclic) bond motifs is 1. The predicted octanol–water partition coefficient (Wildman–Crippen LogP) is 5.14. The molecular formula is C30H37FN4O4S. The number of ether oxygens (including phenoxy) is 1. The number of rotatable bonds is 10. The summed E-state index contributed by atoms with van der Waals surface area (Å²) < 4.78 is 50.3. The maximum atomic E-state index is 14.8. The average Bonchev–Trinajstić information content (AvgIpc) is 2.92. The molecule has 0 aliphatic carbocycles. The van der Waals surface area contributed by atoms with E-state index in [1.165, 1.54) is 17.2 Å². The van der Waals surface area contributed by atoms with Crippen molar-refractivity contribution in [3.05, 3.63) is 82.8 Å². The van der Waals surface area contributed by atoms with Crippen LogP contribution in [0.1, 0.15) is 74.1 Å². The highest BCUT2D eigenvalue weighted by molar-refractivity contribution is 7.89. The van der Waals surface area contributed by atoms with Gasteiger partial charge in [-0.25, -0.2) is 22.5 Å². The monoisotopic (exact) mass is 568 g/mol. The highest BCUT2D eigenvalue weighted by atomic mass is 32.2. The van der Waals surface area contributed by atoms with Crippen LogP contribution in [0.2, 0.25) is 0 Å². The van der Waals surface area contributed by atoms with E-state index in [4.69, 9.17) is 4.74 Å². The molecule has 2 N–H and O–H groups in total. The third-order valence-electron chi connectivity index (χ3n) is 7.01. The summed E-state index contributed by atoms with van der Waals surface area (Å²) in [5.41, 5.74) is 1.94. The van der Waals surface area contributed by atoms with Crippen LogP contribution in [0.5, 0.6) is 5.88 Å². The van der Waals surface area contributed by atoms with E-state index >= 15 is 0 Å². The van der Waals surface area contributed by atoms with Gasteiger partial charge in [-0.15, -0.1) is 0 Å². The van der Waals surface area contributed by atoms with Crippen molar-refractivity contribution in [3.8, 4) is 5.88 Å². The van der Waals surface area contributed by atoms with Gasteiger partial charge in [0.2, 0.25) is 15.9 Å².